The normalized spacial score (nSPS) is 24.1. The number of aromatic nitrogens is 2. The van der Waals surface area contributed by atoms with Gasteiger partial charge in [0.25, 0.3) is 0 Å². The van der Waals surface area contributed by atoms with Crippen LogP contribution >= 0.6 is 0 Å². The predicted octanol–water partition coefficient (Wildman–Crippen LogP) is 1.98. The maximum atomic E-state index is 4.69. The van der Waals surface area contributed by atoms with Gasteiger partial charge in [-0.1, -0.05) is 25.0 Å². The summed E-state index contributed by atoms with van der Waals surface area (Å²) < 4.78 is 2.36. The van der Waals surface area contributed by atoms with Crippen molar-refractivity contribution in [1.82, 2.24) is 9.55 Å². The van der Waals surface area contributed by atoms with Gasteiger partial charge in [0.1, 0.15) is 0 Å². The van der Waals surface area contributed by atoms with Gasteiger partial charge in [0.2, 0.25) is 5.95 Å². The molecule has 1 aromatic carbocycles. The lowest BCUT2D eigenvalue weighted by molar-refractivity contribution is -0.946. The summed E-state index contributed by atoms with van der Waals surface area (Å²) in [6.45, 7) is 2.08. The van der Waals surface area contributed by atoms with Crippen LogP contribution < -0.4 is 10.2 Å². The van der Waals surface area contributed by atoms with E-state index < -0.39 is 0 Å². The summed E-state index contributed by atoms with van der Waals surface area (Å²) >= 11 is 0. The molecule has 2 N–H and O–H groups in total. The summed E-state index contributed by atoms with van der Waals surface area (Å²) in [4.78, 5) is 6.37. The van der Waals surface area contributed by atoms with Gasteiger partial charge in [0.15, 0.2) is 13.3 Å². The van der Waals surface area contributed by atoms with Crippen molar-refractivity contribution in [3.05, 3.63) is 24.3 Å². The van der Waals surface area contributed by atoms with E-state index in [1.807, 2.05) is 0 Å². The molecule has 0 bridgehead atoms. The van der Waals surface area contributed by atoms with Crippen LogP contribution in [0.1, 0.15) is 38.5 Å². The number of rotatable bonds is 1. The Balaban J connectivity index is 1.61. The van der Waals surface area contributed by atoms with Crippen LogP contribution in [0, 0.1) is 0 Å². The van der Waals surface area contributed by atoms with E-state index >= 15 is 0 Å². The van der Waals surface area contributed by atoms with Gasteiger partial charge in [-0.2, -0.15) is 0 Å². The van der Waals surface area contributed by atoms with Gasteiger partial charge in [-0.05, 0) is 37.8 Å². The molecule has 1 atom stereocenters. The molecule has 0 amide bonds. The Hall–Kier alpha value is -1.55. The van der Waals surface area contributed by atoms with Crippen molar-refractivity contribution in [2.24, 2.45) is 0 Å². The minimum absolute atomic E-state index is 0.819. The number of hydrogen-bond acceptors (Lipinski definition) is 2. The maximum absolute atomic E-state index is 4.69. The fourth-order valence-electron chi connectivity index (χ4n) is 3.78. The highest BCUT2D eigenvalue weighted by atomic mass is 15.4. The minimum atomic E-state index is 0.819. The van der Waals surface area contributed by atoms with E-state index in [2.05, 4.69) is 39.1 Å². The molecule has 1 aliphatic carbocycles. The van der Waals surface area contributed by atoms with Gasteiger partial charge in [-0.3, -0.25) is 9.47 Å². The Morgan fingerprint density at radius 1 is 1.10 bits per heavy atom. The molecule has 2 heterocycles. The summed E-state index contributed by atoms with van der Waals surface area (Å²) in [5.74, 6) is 1.04. The highest BCUT2D eigenvalue weighted by Crippen LogP contribution is 2.20. The van der Waals surface area contributed by atoms with Crippen LogP contribution in [0.3, 0.4) is 0 Å². The van der Waals surface area contributed by atoms with Gasteiger partial charge in [0.05, 0.1) is 17.1 Å². The van der Waals surface area contributed by atoms with Gasteiger partial charge in [-0.25, -0.2) is 4.98 Å². The molecular weight excluding hydrogens is 248 g/mol. The zero-order valence-corrected chi connectivity index (χ0v) is 11.9. The zero-order chi connectivity index (χ0) is 13.4. The molecule has 2 aromatic rings. The van der Waals surface area contributed by atoms with Crippen LogP contribution in [0.4, 0.5) is 5.95 Å². The number of para-hydroxylation sites is 2. The van der Waals surface area contributed by atoms with E-state index in [9.17, 15) is 0 Å². The number of fused-ring (bicyclic) bond motifs is 3. The van der Waals surface area contributed by atoms with Crippen LogP contribution in [-0.2, 0) is 6.67 Å². The number of nitrogens with one attached hydrogen (secondary N) is 2. The first kappa shape index (κ1) is 12.2. The van der Waals surface area contributed by atoms with E-state index in [0.717, 1.165) is 30.8 Å². The SMILES string of the molecule is c1ccc2c(c1)nc1n2C[NH+](C2CCCCCC2)CN1. The molecular formula is C16H23N4+. The van der Waals surface area contributed by atoms with Gasteiger partial charge < -0.3 is 5.32 Å². The summed E-state index contributed by atoms with van der Waals surface area (Å²) in [7, 11) is 0. The Morgan fingerprint density at radius 2 is 1.90 bits per heavy atom. The lowest BCUT2D eigenvalue weighted by Gasteiger charge is -2.32. The summed E-state index contributed by atoms with van der Waals surface area (Å²) in [5, 5.41) is 3.53. The van der Waals surface area contributed by atoms with Gasteiger partial charge in [0, 0.05) is 0 Å². The van der Waals surface area contributed by atoms with Gasteiger partial charge in [-0.15, -0.1) is 0 Å². The van der Waals surface area contributed by atoms with E-state index in [-0.39, 0.29) is 0 Å². The number of imidazole rings is 1. The smallest absolute Gasteiger partial charge is 0.212 e. The first-order chi connectivity index (χ1) is 9.92. The summed E-state index contributed by atoms with van der Waals surface area (Å²) in [6, 6.07) is 9.28. The van der Waals surface area contributed by atoms with Gasteiger partial charge >= 0.3 is 0 Å². The van der Waals surface area contributed by atoms with Crippen molar-refractivity contribution < 1.29 is 4.90 Å². The quantitative estimate of drug-likeness (QED) is 0.778. The molecule has 1 saturated carbocycles. The average molecular weight is 271 g/mol. The summed E-state index contributed by atoms with van der Waals surface area (Å²) in [6.07, 6.45) is 8.45. The Bertz CT molecular complexity index is 596. The van der Waals surface area contributed by atoms with E-state index in [4.69, 9.17) is 0 Å². The average Bonchev–Trinajstić information content (AvgIpc) is 2.67. The zero-order valence-electron chi connectivity index (χ0n) is 11.9. The standard InChI is InChI=1S/C16H22N4/c1-2-4-8-13(7-3-1)19-11-17-16-18-14-9-5-6-10-15(14)20(16)12-19/h5-6,9-10,13H,1-4,7-8,11-12H2,(H,17,18)/p+1. The van der Waals surface area contributed by atoms with Crippen molar-refractivity contribution in [2.45, 2.75) is 51.2 Å². The predicted molar refractivity (Wildman–Crippen MR) is 80.7 cm³/mol. The fourth-order valence-corrected chi connectivity index (χ4v) is 3.78. The molecule has 0 radical (unpaired) electrons. The molecule has 1 aliphatic heterocycles. The van der Waals surface area contributed by atoms with Crippen LogP contribution in [0.5, 0.6) is 0 Å². The molecule has 2 aliphatic rings. The topological polar surface area (TPSA) is 34.3 Å². The lowest BCUT2D eigenvalue weighted by Crippen LogP contribution is -3.16. The molecule has 1 unspecified atom stereocenters. The third kappa shape index (κ3) is 2.08. The number of benzene rings is 1. The first-order valence-corrected chi connectivity index (χ1v) is 7.95. The number of anilines is 1. The molecule has 1 fully saturated rings. The van der Waals surface area contributed by atoms with Crippen molar-refractivity contribution >= 4 is 17.0 Å². The third-order valence-corrected chi connectivity index (χ3v) is 4.92. The monoisotopic (exact) mass is 271 g/mol. The lowest BCUT2D eigenvalue weighted by atomic mass is 10.1. The molecule has 0 saturated heterocycles. The second kappa shape index (κ2) is 5.09. The number of quaternary nitrogens is 1. The van der Waals surface area contributed by atoms with Crippen LogP contribution in [0.25, 0.3) is 11.0 Å². The Morgan fingerprint density at radius 3 is 2.75 bits per heavy atom. The second-order valence-electron chi connectivity index (χ2n) is 6.21. The highest BCUT2D eigenvalue weighted by molar-refractivity contribution is 5.78. The van der Waals surface area contributed by atoms with Crippen molar-refractivity contribution in [1.29, 1.82) is 0 Å². The molecule has 4 rings (SSSR count). The summed E-state index contributed by atoms with van der Waals surface area (Å²) in [5.41, 5.74) is 2.37. The fraction of sp³-hybridized carbons (Fsp3) is 0.562. The molecule has 106 valence electrons. The minimum Gasteiger partial charge on any atom is -0.309 e. The largest absolute Gasteiger partial charge is 0.309 e. The molecule has 1 aromatic heterocycles. The molecule has 0 spiro atoms. The maximum Gasteiger partial charge on any atom is 0.212 e. The van der Waals surface area contributed by atoms with E-state index in [1.54, 1.807) is 4.90 Å². The highest BCUT2D eigenvalue weighted by Gasteiger charge is 2.28. The Labute approximate surface area is 119 Å². The van der Waals surface area contributed by atoms with Crippen molar-refractivity contribution in [3.63, 3.8) is 0 Å². The third-order valence-electron chi connectivity index (χ3n) is 4.92. The van der Waals surface area contributed by atoms with Crippen molar-refractivity contribution in [2.75, 3.05) is 12.0 Å². The molecule has 4 nitrogen and oxygen atoms in total. The van der Waals surface area contributed by atoms with E-state index in [0.29, 0.717) is 0 Å². The van der Waals surface area contributed by atoms with Crippen LogP contribution in [-0.4, -0.2) is 22.3 Å². The number of nitrogens with zero attached hydrogens (tertiary/aromatic N) is 2. The van der Waals surface area contributed by atoms with Crippen LogP contribution in [0.2, 0.25) is 0 Å². The van der Waals surface area contributed by atoms with Crippen LogP contribution in [0.15, 0.2) is 24.3 Å². The Kier molecular flexibility index (Phi) is 3.11. The molecule has 20 heavy (non-hydrogen) atoms. The van der Waals surface area contributed by atoms with E-state index in [1.165, 1.54) is 44.0 Å². The second-order valence-corrected chi connectivity index (χ2v) is 6.21. The van der Waals surface area contributed by atoms with Crippen molar-refractivity contribution in [3.8, 4) is 0 Å². The first-order valence-electron chi connectivity index (χ1n) is 7.95. The molecule has 4 heteroatoms. The number of hydrogen-bond donors (Lipinski definition) is 2.